The summed E-state index contributed by atoms with van der Waals surface area (Å²) in [6.45, 7) is 4.64. The molecule has 0 radical (unpaired) electrons. The summed E-state index contributed by atoms with van der Waals surface area (Å²) < 4.78 is 5.73. The molecule has 1 heterocycles. The van der Waals surface area contributed by atoms with E-state index in [1.807, 2.05) is 56.3 Å². The Balaban J connectivity index is 1.71. The first-order valence-corrected chi connectivity index (χ1v) is 10.6. The Hall–Kier alpha value is -2.30. The zero-order valence-electron chi connectivity index (χ0n) is 16.8. The highest BCUT2D eigenvalue weighted by Crippen LogP contribution is 2.43. The number of carbonyl (C=O) groups is 1. The van der Waals surface area contributed by atoms with Crippen LogP contribution in [0.5, 0.6) is 0 Å². The van der Waals surface area contributed by atoms with Gasteiger partial charge in [0.1, 0.15) is 5.76 Å². The van der Waals surface area contributed by atoms with Gasteiger partial charge in [0.05, 0.1) is 17.2 Å². The Morgan fingerprint density at radius 3 is 2.59 bits per heavy atom. The van der Waals surface area contributed by atoms with E-state index >= 15 is 0 Å². The van der Waals surface area contributed by atoms with Crippen molar-refractivity contribution in [1.29, 1.82) is 0 Å². The summed E-state index contributed by atoms with van der Waals surface area (Å²) in [7, 11) is 0. The molecule has 0 saturated heterocycles. The second-order valence-electron chi connectivity index (χ2n) is 7.95. The van der Waals surface area contributed by atoms with E-state index in [0.717, 1.165) is 35.1 Å². The maximum atomic E-state index is 12.9. The Bertz CT molecular complexity index is 974. The zero-order valence-corrected chi connectivity index (χ0v) is 17.6. The average molecular weight is 412 g/mol. The third-order valence-corrected chi connectivity index (χ3v) is 6.36. The van der Waals surface area contributed by atoms with E-state index in [0.29, 0.717) is 30.0 Å². The molecule has 1 aliphatic heterocycles. The van der Waals surface area contributed by atoms with E-state index in [1.54, 1.807) is 0 Å². The fourth-order valence-electron chi connectivity index (χ4n) is 4.52. The molecular weight excluding hydrogens is 386 g/mol. The number of rotatable bonds is 4. The third kappa shape index (κ3) is 3.67. The molecule has 29 heavy (non-hydrogen) atoms. The molecule has 4 nitrogen and oxygen atoms in total. The van der Waals surface area contributed by atoms with E-state index in [4.69, 9.17) is 16.3 Å². The number of hydrogen-bond donors (Lipinski definition) is 2. The standard InChI is InChI=1S/C24H26ClNO3/c1-3-29-19-9-11-24(12-10-19)22(27)21(23(28)26-24)20-14-17(8-7-15(20)2)16-5-4-6-18(25)13-16/h4-8,13-14,19,27H,3,9-12H2,1-2H3,(H,26,28). The van der Waals surface area contributed by atoms with E-state index in [2.05, 4.69) is 5.32 Å². The molecule has 4 rings (SSSR count). The van der Waals surface area contributed by atoms with E-state index < -0.39 is 5.54 Å². The summed E-state index contributed by atoms with van der Waals surface area (Å²) in [5.41, 5.74) is 3.37. The number of hydrogen-bond acceptors (Lipinski definition) is 3. The minimum atomic E-state index is -0.668. The molecule has 1 fully saturated rings. The van der Waals surface area contributed by atoms with Crippen molar-refractivity contribution in [2.24, 2.45) is 0 Å². The molecule has 1 aliphatic carbocycles. The molecule has 2 aromatic rings. The lowest BCUT2D eigenvalue weighted by Gasteiger charge is -2.36. The van der Waals surface area contributed by atoms with Crippen LogP contribution in [0.15, 0.2) is 48.2 Å². The van der Waals surface area contributed by atoms with Crippen LogP contribution in [-0.2, 0) is 9.53 Å². The molecule has 5 heteroatoms. The number of amides is 1. The number of halogens is 1. The van der Waals surface area contributed by atoms with Gasteiger partial charge in [0, 0.05) is 11.6 Å². The maximum Gasteiger partial charge on any atom is 0.256 e. The number of ether oxygens (including phenoxy) is 1. The van der Waals surface area contributed by atoms with Crippen molar-refractivity contribution < 1.29 is 14.6 Å². The molecule has 2 aliphatic rings. The average Bonchev–Trinajstić information content (AvgIpc) is 2.94. The SMILES string of the molecule is CCOC1CCC2(CC1)NC(=O)C(c1cc(-c3cccc(Cl)c3)ccc1C)=C2O. The van der Waals surface area contributed by atoms with Crippen LogP contribution >= 0.6 is 11.6 Å². The van der Waals surface area contributed by atoms with Crippen molar-refractivity contribution in [3.63, 3.8) is 0 Å². The van der Waals surface area contributed by atoms with Crippen LogP contribution in [-0.4, -0.2) is 29.3 Å². The highest BCUT2D eigenvalue weighted by molar-refractivity contribution is 6.30. The highest BCUT2D eigenvalue weighted by Gasteiger charge is 2.48. The molecule has 0 atom stereocenters. The normalized spacial score (nSPS) is 24.2. The lowest BCUT2D eigenvalue weighted by atomic mass is 9.79. The predicted molar refractivity (Wildman–Crippen MR) is 116 cm³/mol. The highest BCUT2D eigenvalue weighted by atomic mass is 35.5. The van der Waals surface area contributed by atoms with Crippen LogP contribution in [0.25, 0.3) is 16.7 Å². The Morgan fingerprint density at radius 1 is 1.17 bits per heavy atom. The van der Waals surface area contributed by atoms with Gasteiger partial charge in [-0.25, -0.2) is 0 Å². The van der Waals surface area contributed by atoms with Gasteiger partial charge in [0.2, 0.25) is 0 Å². The molecule has 1 amide bonds. The van der Waals surface area contributed by atoms with Crippen LogP contribution in [0.1, 0.15) is 43.7 Å². The van der Waals surface area contributed by atoms with Gasteiger partial charge >= 0.3 is 0 Å². The summed E-state index contributed by atoms with van der Waals surface area (Å²) in [6, 6.07) is 13.6. The van der Waals surface area contributed by atoms with Crippen LogP contribution in [0.3, 0.4) is 0 Å². The number of benzene rings is 2. The number of aliphatic hydroxyl groups excluding tert-OH is 1. The Labute approximate surface area is 176 Å². The van der Waals surface area contributed by atoms with Crippen molar-refractivity contribution in [3.8, 4) is 11.1 Å². The molecule has 2 N–H and O–H groups in total. The van der Waals surface area contributed by atoms with Crippen LogP contribution < -0.4 is 5.32 Å². The van der Waals surface area contributed by atoms with Gasteiger partial charge in [-0.1, -0.05) is 35.9 Å². The van der Waals surface area contributed by atoms with Gasteiger partial charge in [0.15, 0.2) is 0 Å². The van der Waals surface area contributed by atoms with Crippen molar-refractivity contribution >= 4 is 23.1 Å². The first kappa shape index (κ1) is 20.0. The second-order valence-corrected chi connectivity index (χ2v) is 8.39. The molecule has 1 saturated carbocycles. The van der Waals surface area contributed by atoms with Crippen LogP contribution in [0.4, 0.5) is 0 Å². The summed E-state index contributed by atoms with van der Waals surface area (Å²) in [5, 5.41) is 14.9. The molecule has 0 bridgehead atoms. The number of aliphatic hydroxyl groups is 1. The molecule has 0 aromatic heterocycles. The topological polar surface area (TPSA) is 58.6 Å². The summed E-state index contributed by atoms with van der Waals surface area (Å²) in [5.74, 6) is -0.0347. The van der Waals surface area contributed by atoms with Gasteiger partial charge in [-0.15, -0.1) is 0 Å². The summed E-state index contributed by atoms with van der Waals surface area (Å²) in [6.07, 6.45) is 3.23. The number of nitrogens with one attached hydrogen (secondary N) is 1. The Kier molecular flexibility index (Phi) is 5.41. The lowest BCUT2D eigenvalue weighted by molar-refractivity contribution is -0.116. The summed E-state index contributed by atoms with van der Waals surface area (Å²) >= 11 is 6.15. The fraction of sp³-hybridized carbons (Fsp3) is 0.375. The van der Waals surface area contributed by atoms with E-state index in [1.165, 1.54) is 0 Å². The van der Waals surface area contributed by atoms with Gasteiger partial charge in [-0.05, 0) is 80.0 Å². The first-order chi connectivity index (χ1) is 13.9. The second kappa shape index (κ2) is 7.85. The van der Waals surface area contributed by atoms with Crippen molar-refractivity contribution in [3.05, 3.63) is 64.4 Å². The maximum absolute atomic E-state index is 12.9. The van der Waals surface area contributed by atoms with Crippen molar-refractivity contribution in [1.82, 2.24) is 5.32 Å². The fourth-order valence-corrected chi connectivity index (χ4v) is 4.71. The van der Waals surface area contributed by atoms with Crippen LogP contribution in [0.2, 0.25) is 5.02 Å². The van der Waals surface area contributed by atoms with Gasteiger partial charge in [-0.3, -0.25) is 4.79 Å². The molecular formula is C24H26ClNO3. The van der Waals surface area contributed by atoms with E-state index in [-0.39, 0.29) is 17.8 Å². The van der Waals surface area contributed by atoms with Gasteiger partial charge in [-0.2, -0.15) is 0 Å². The Morgan fingerprint density at radius 2 is 1.90 bits per heavy atom. The molecule has 0 unspecified atom stereocenters. The number of carbonyl (C=O) groups excluding carboxylic acids is 1. The van der Waals surface area contributed by atoms with Crippen LogP contribution in [0, 0.1) is 6.92 Å². The zero-order chi connectivity index (χ0) is 20.6. The molecule has 2 aromatic carbocycles. The first-order valence-electron chi connectivity index (χ1n) is 10.2. The third-order valence-electron chi connectivity index (χ3n) is 6.12. The van der Waals surface area contributed by atoms with Gasteiger partial charge in [0.25, 0.3) is 5.91 Å². The lowest BCUT2D eigenvalue weighted by Crippen LogP contribution is -2.48. The summed E-state index contributed by atoms with van der Waals surface area (Å²) in [4.78, 5) is 12.9. The predicted octanol–water partition coefficient (Wildman–Crippen LogP) is 5.43. The number of aryl methyl sites for hydroxylation is 1. The minimum absolute atomic E-state index is 0.170. The largest absolute Gasteiger partial charge is 0.509 e. The quantitative estimate of drug-likeness (QED) is 0.705. The molecule has 152 valence electrons. The van der Waals surface area contributed by atoms with Crippen molar-refractivity contribution in [2.75, 3.05) is 6.61 Å². The molecule has 1 spiro atoms. The van der Waals surface area contributed by atoms with E-state index in [9.17, 15) is 9.90 Å². The van der Waals surface area contributed by atoms with Crippen molar-refractivity contribution in [2.45, 2.75) is 51.2 Å². The monoisotopic (exact) mass is 411 g/mol. The smallest absolute Gasteiger partial charge is 0.256 e. The van der Waals surface area contributed by atoms with Gasteiger partial charge < -0.3 is 15.2 Å². The minimum Gasteiger partial charge on any atom is -0.509 e.